The molecule has 21 heavy (non-hydrogen) atoms. The number of sulfonamides is 1. The molecule has 1 heterocycles. The van der Waals surface area contributed by atoms with Crippen molar-refractivity contribution in [3.8, 4) is 6.07 Å². The molecular formula is C12H7BrClFN2O2S2. The molecule has 0 radical (unpaired) electrons. The summed E-state index contributed by atoms with van der Waals surface area (Å²) in [6.07, 6.45) is 0. The molecule has 0 amide bonds. The van der Waals surface area contributed by atoms with E-state index < -0.39 is 15.8 Å². The number of nitriles is 1. The van der Waals surface area contributed by atoms with Crippen molar-refractivity contribution in [1.82, 2.24) is 4.72 Å². The molecule has 0 fully saturated rings. The lowest BCUT2D eigenvalue weighted by Gasteiger charge is -2.06. The summed E-state index contributed by atoms with van der Waals surface area (Å²) in [5.41, 5.74) is 0.326. The van der Waals surface area contributed by atoms with Gasteiger partial charge in [-0.1, -0.05) is 17.7 Å². The molecule has 110 valence electrons. The van der Waals surface area contributed by atoms with Crippen LogP contribution in [0.4, 0.5) is 4.39 Å². The van der Waals surface area contributed by atoms with Crippen LogP contribution in [0.2, 0.25) is 5.02 Å². The maximum atomic E-state index is 13.7. The second-order valence-electron chi connectivity index (χ2n) is 3.93. The van der Waals surface area contributed by atoms with Gasteiger partial charge in [-0.05, 0) is 34.1 Å². The second-order valence-corrected chi connectivity index (χ2v) is 8.70. The van der Waals surface area contributed by atoms with Crippen LogP contribution >= 0.6 is 38.9 Å². The van der Waals surface area contributed by atoms with Gasteiger partial charge in [0.1, 0.15) is 10.0 Å². The monoisotopic (exact) mass is 408 g/mol. The highest BCUT2D eigenvalue weighted by Crippen LogP contribution is 2.34. The highest BCUT2D eigenvalue weighted by molar-refractivity contribution is 9.11. The highest BCUT2D eigenvalue weighted by atomic mass is 79.9. The van der Waals surface area contributed by atoms with E-state index in [1.807, 2.05) is 0 Å². The van der Waals surface area contributed by atoms with Gasteiger partial charge >= 0.3 is 0 Å². The van der Waals surface area contributed by atoms with Crippen molar-refractivity contribution in [2.75, 3.05) is 0 Å². The van der Waals surface area contributed by atoms with Crippen molar-refractivity contribution in [2.45, 2.75) is 10.8 Å². The highest BCUT2D eigenvalue weighted by Gasteiger charge is 2.19. The van der Waals surface area contributed by atoms with Crippen LogP contribution in [0.25, 0.3) is 0 Å². The van der Waals surface area contributed by atoms with Crippen LogP contribution in [0.1, 0.15) is 11.1 Å². The van der Waals surface area contributed by atoms with E-state index in [0.29, 0.717) is 8.81 Å². The summed E-state index contributed by atoms with van der Waals surface area (Å²) < 4.78 is 40.6. The van der Waals surface area contributed by atoms with Crippen LogP contribution in [0.15, 0.2) is 32.3 Å². The molecule has 0 spiro atoms. The molecule has 2 rings (SSSR count). The molecule has 0 aliphatic rings. The molecule has 1 N–H and O–H groups in total. The molecule has 2 aromatic rings. The fraction of sp³-hybridized carbons (Fsp3) is 0.0833. The van der Waals surface area contributed by atoms with Gasteiger partial charge in [0.05, 0.1) is 20.4 Å². The van der Waals surface area contributed by atoms with Crippen molar-refractivity contribution in [1.29, 1.82) is 5.26 Å². The first-order valence-electron chi connectivity index (χ1n) is 5.46. The van der Waals surface area contributed by atoms with E-state index in [4.69, 9.17) is 16.9 Å². The average Bonchev–Trinajstić information content (AvgIpc) is 2.78. The van der Waals surface area contributed by atoms with Crippen LogP contribution < -0.4 is 4.72 Å². The lowest BCUT2D eigenvalue weighted by Crippen LogP contribution is -2.22. The predicted octanol–water partition coefficient (Wildman–Crippen LogP) is 3.65. The maximum absolute atomic E-state index is 13.7. The Morgan fingerprint density at radius 1 is 1.43 bits per heavy atom. The Morgan fingerprint density at radius 2 is 2.14 bits per heavy atom. The van der Waals surface area contributed by atoms with Gasteiger partial charge in [-0.25, -0.2) is 17.5 Å². The molecule has 0 atom stereocenters. The minimum Gasteiger partial charge on any atom is -0.207 e. The van der Waals surface area contributed by atoms with Crippen molar-refractivity contribution in [3.05, 3.63) is 50.0 Å². The SMILES string of the molecule is N#Cc1ccc(CNS(=O)(=O)c2cc(Cl)c(Br)s2)c(F)c1. The minimum atomic E-state index is -3.77. The van der Waals surface area contributed by atoms with Crippen LogP contribution in [-0.4, -0.2) is 8.42 Å². The van der Waals surface area contributed by atoms with Gasteiger partial charge in [0.15, 0.2) is 0 Å². The summed E-state index contributed by atoms with van der Waals surface area (Å²) in [5, 5.41) is 8.94. The summed E-state index contributed by atoms with van der Waals surface area (Å²) >= 11 is 9.89. The van der Waals surface area contributed by atoms with Gasteiger partial charge in [0.25, 0.3) is 0 Å². The first-order chi connectivity index (χ1) is 9.83. The normalized spacial score (nSPS) is 11.3. The zero-order chi connectivity index (χ0) is 15.6. The number of benzene rings is 1. The van der Waals surface area contributed by atoms with E-state index in [9.17, 15) is 12.8 Å². The number of hydrogen-bond donors (Lipinski definition) is 1. The van der Waals surface area contributed by atoms with Crippen molar-refractivity contribution < 1.29 is 12.8 Å². The summed E-state index contributed by atoms with van der Waals surface area (Å²) in [5.74, 6) is -0.637. The van der Waals surface area contributed by atoms with Gasteiger partial charge in [-0.15, -0.1) is 11.3 Å². The third-order valence-corrected chi connectivity index (χ3v) is 6.87. The molecular weight excluding hydrogens is 403 g/mol. The second kappa shape index (κ2) is 6.42. The molecule has 0 unspecified atom stereocenters. The Kier molecular flexibility index (Phi) is 5.01. The maximum Gasteiger partial charge on any atom is 0.250 e. The topological polar surface area (TPSA) is 70.0 Å². The third-order valence-electron chi connectivity index (χ3n) is 2.52. The quantitative estimate of drug-likeness (QED) is 0.838. The molecule has 4 nitrogen and oxygen atoms in total. The zero-order valence-corrected chi connectivity index (χ0v) is 14.2. The third kappa shape index (κ3) is 3.81. The van der Waals surface area contributed by atoms with E-state index in [2.05, 4.69) is 20.7 Å². The summed E-state index contributed by atoms with van der Waals surface area (Å²) in [6, 6.07) is 6.97. The lowest BCUT2D eigenvalue weighted by molar-refractivity contribution is 0.576. The van der Waals surface area contributed by atoms with Crippen molar-refractivity contribution in [2.24, 2.45) is 0 Å². The average molecular weight is 410 g/mol. The van der Waals surface area contributed by atoms with E-state index in [1.165, 1.54) is 18.2 Å². The Hall–Kier alpha value is -0.980. The van der Waals surface area contributed by atoms with Crippen LogP contribution in [0.3, 0.4) is 0 Å². The van der Waals surface area contributed by atoms with E-state index in [-0.39, 0.29) is 21.9 Å². The van der Waals surface area contributed by atoms with Gasteiger partial charge < -0.3 is 0 Å². The van der Waals surface area contributed by atoms with E-state index in [1.54, 1.807) is 6.07 Å². The summed E-state index contributed by atoms with van der Waals surface area (Å²) in [4.78, 5) is 0. The Balaban J connectivity index is 2.17. The minimum absolute atomic E-state index is 0.0356. The molecule has 1 aromatic carbocycles. The van der Waals surface area contributed by atoms with Gasteiger partial charge in [-0.3, -0.25) is 0 Å². The van der Waals surface area contributed by atoms with E-state index >= 15 is 0 Å². The van der Waals surface area contributed by atoms with Crippen LogP contribution in [0.5, 0.6) is 0 Å². The molecule has 1 aromatic heterocycles. The molecule has 0 aliphatic heterocycles. The Bertz CT molecular complexity index is 811. The number of halogens is 3. The first-order valence-corrected chi connectivity index (χ1v) is 8.93. The van der Waals surface area contributed by atoms with Crippen LogP contribution in [0, 0.1) is 17.1 Å². The molecule has 0 saturated heterocycles. The first kappa shape index (κ1) is 16.4. The Labute approximate surface area is 138 Å². The van der Waals surface area contributed by atoms with Crippen molar-refractivity contribution >= 4 is 48.9 Å². The van der Waals surface area contributed by atoms with Gasteiger partial charge in [0.2, 0.25) is 10.0 Å². The smallest absolute Gasteiger partial charge is 0.207 e. The molecule has 9 heteroatoms. The predicted molar refractivity (Wildman–Crippen MR) is 82.2 cm³/mol. The largest absolute Gasteiger partial charge is 0.250 e. The number of nitrogens with one attached hydrogen (secondary N) is 1. The van der Waals surface area contributed by atoms with Gasteiger partial charge in [-0.2, -0.15) is 5.26 Å². The molecule has 0 aliphatic carbocycles. The fourth-order valence-corrected chi connectivity index (χ4v) is 4.91. The number of hydrogen-bond acceptors (Lipinski definition) is 4. The fourth-order valence-electron chi connectivity index (χ4n) is 1.46. The standard InChI is InChI=1S/C12H7BrClFN2O2S2/c13-12-9(14)4-11(20-12)21(18,19)17-6-8-2-1-7(5-16)3-10(8)15/h1-4,17H,6H2. The number of nitrogens with zero attached hydrogens (tertiary/aromatic N) is 1. The Morgan fingerprint density at radius 3 is 2.67 bits per heavy atom. The summed E-state index contributed by atoms with van der Waals surface area (Å²) in [7, 11) is -3.77. The summed E-state index contributed by atoms with van der Waals surface area (Å²) in [6.45, 7) is -0.215. The van der Waals surface area contributed by atoms with E-state index in [0.717, 1.165) is 17.4 Å². The number of thiophene rings is 1. The molecule has 0 bridgehead atoms. The lowest BCUT2D eigenvalue weighted by atomic mass is 10.1. The van der Waals surface area contributed by atoms with Crippen LogP contribution in [-0.2, 0) is 16.6 Å². The van der Waals surface area contributed by atoms with Crippen molar-refractivity contribution in [3.63, 3.8) is 0 Å². The number of rotatable bonds is 4. The zero-order valence-electron chi connectivity index (χ0n) is 10.2. The van der Waals surface area contributed by atoms with Gasteiger partial charge in [0, 0.05) is 12.1 Å². The molecule has 0 saturated carbocycles.